The minimum absolute atomic E-state index is 0.0376. The number of halogens is 2. The second kappa shape index (κ2) is 11.4. The predicted molar refractivity (Wildman–Crippen MR) is 112 cm³/mol. The van der Waals surface area contributed by atoms with E-state index in [4.69, 9.17) is 25.8 Å². The summed E-state index contributed by atoms with van der Waals surface area (Å²) in [6.45, 7) is 6.29. The Kier molecular flexibility index (Phi) is 8.55. The van der Waals surface area contributed by atoms with Gasteiger partial charge in [0.2, 0.25) is 0 Å². The van der Waals surface area contributed by atoms with E-state index in [1.54, 1.807) is 19.2 Å². The summed E-state index contributed by atoms with van der Waals surface area (Å²) in [5.41, 5.74) is 1.30. The normalized spacial score (nSPS) is 14.7. The molecular weight excluding hydrogens is 395 g/mol. The lowest BCUT2D eigenvalue weighted by Crippen LogP contribution is -2.37. The molecule has 1 heterocycles. The Balaban J connectivity index is 1.56. The minimum Gasteiger partial charge on any atom is -0.493 e. The first kappa shape index (κ1) is 21.8. The molecule has 0 radical (unpaired) electrons. The molecule has 0 bridgehead atoms. The molecule has 158 valence electrons. The van der Waals surface area contributed by atoms with E-state index in [0.29, 0.717) is 28.6 Å². The fourth-order valence-electron chi connectivity index (χ4n) is 3.32. The first-order valence-corrected chi connectivity index (χ1v) is 10.3. The van der Waals surface area contributed by atoms with E-state index in [2.05, 4.69) is 10.2 Å². The highest BCUT2D eigenvalue weighted by molar-refractivity contribution is 6.31. The van der Waals surface area contributed by atoms with Crippen molar-refractivity contribution in [3.05, 3.63) is 58.4 Å². The molecule has 0 spiro atoms. The topological polar surface area (TPSA) is 43.0 Å². The summed E-state index contributed by atoms with van der Waals surface area (Å²) in [6, 6.07) is 10.4. The van der Waals surface area contributed by atoms with Gasteiger partial charge in [-0.2, -0.15) is 0 Å². The van der Waals surface area contributed by atoms with E-state index in [1.807, 2.05) is 18.2 Å². The number of rotatable bonds is 10. The molecule has 0 unspecified atom stereocenters. The van der Waals surface area contributed by atoms with Crippen molar-refractivity contribution in [3.63, 3.8) is 0 Å². The maximum atomic E-state index is 14.1. The highest BCUT2D eigenvalue weighted by atomic mass is 35.5. The van der Waals surface area contributed by atoms with E-state index in [1.165, 1.54) is 6.07 Å². The molecule has 0 aliphatic carbocycles. The number of para-hydroxylation sites is 1. The fraction of sp³-hybridized carbons (Fsp3) is 0.455. The summed E-state index contributed by atoms with van der Waals surface area (Å²) < 4.78 is 30.8. The van der Waals surface area contributed by atoms with Gasteiger partial charge < -0.3 is 19.5 Å². The van der Waals surface area contributed by atoms with Crippen LogP contribution in [0.1, 0.15) is 17.5 Å². The number of methoxy groups -OCH3 is 1. The lowest BCUT2D eigenvalue weighted by molar-refractivity contribution is 0.0374. The molecule has 1 N–H and O–H groups in total. The van der Waals surface area contributed by atoms with Gasteiger partial charge >= 0.3 is 0 Å². The molecule has 1 aliphatic rings. The SMILES string of the molecule is COc1cccc(CNCCCN2CCOCC2)c1OCc1c(F)cccc1Cl. The highest BCUT2D eigenvalue weighted by Crippen LogP contribution is 2.32. The lowest BCUT2D eigenvalue weighted by atomic mass is 10.1. The molecular formula is C22H28ClFN2O3. The Morgan fingerprint density at radius 2 is 1.97 bits per heavy atom. The van der Waals surface area contributed by atoms with Crippen LogP contribution in [0.4, 0.5) is 4.39 Å². The lowest BCUT2D eigenvalue weighted by Gasteiger charge is -2.26. The van der Waals surface area contributed by atoms with E-state index >= 15 is 0 Å². The van der Waals surface area contributed by atoms with Gasteiger partial charge in [0.05, 0.1) is 25.3 Å². The number of nitrogens with one attached hydrogen (secondary N) is 1. The van der Waals surface area contributed by atoms with Crippen molar-refractivity contribution < 1.29 is 18.6 Å². The van der Waals surface area contributed by atoms with Gasteiger partial charge in [0.25, 0.3) is 0 Å². The zero-order valence-corrected chi connectivity index (χ0v) is 17.5. The van der Waals surface area contributed by atoms with Gasteiger partial charge in [-0.3, -0.25) is 4.90 Å². The average molecular weight is 423 g/mol. The smallest absolute Gasteiger partial charge is 0.166 e. The first-order valence-electron chi connectivity index (χ1n) is 9.91. The maximum Gasteiger partial charge on any atom is 0.166 e. The standard InChI is InChI=1S/C22H28ClFN2O3/c1-27-21-8-2-5-17(15-25-9-4-10-26-11-13-28-14-12-26)22(21)29-16-18-19(23)6-3-7-20(18)24/h2-3,5-8,25H,4,9-16H2,1H3. The number of ether oxygens (including phenoxy) is 3. The van der Waals surface area contributed by atoms with E-state index in [-0.39, 0.29) is 12.4 Å². The largest absolute Gasteiger partial charge is 0.493 e. The Morgan fingerprint density at radius 1 is 1.17 bits per heavy atom. The van der Waals surface area contributed by atoms with Crippen molar-refractivity contribution in [2.24, 2.45) is 0 Å². The molecule has 1 aliphatic heterocycles. The Hall–Kier alpha value is -1.86. The Morgan fingerprint density at radius 3 is 2.72 bits per heavy atom. The third-order valence-corrected chi connectivity index (χ3v) is 5.30. The fourth-order valence-corrected chi connectivity index (χ4v) is 3.53. The second-order valence-corrected chi connectivity index (χ2v) is 7.33. The van der Waals surface area contributed by atoms with Crippen molar-refractivity contribution in [1.29, 1.82) is 0 Å². The van der Waals surface area contributed by atoms with Crippen LogP contribution in [0.2, 0.25) is 5.02 Å². The summed E-state index contributed by atoms with van der Waals surface area (Å²) in [5, 5.41) is 3.81. The number of morpholine rings is 1. The third-order valence-electron chi connectivity index (χ3n) is 4.95. The molecule has 0 amide bonds. The summed E-state index contributed by atoms with van der Waals surface area (Å²) in [7, 11) is 1.60. The van der Waals surface area contributed by atoms with Crippen molar-refractivity contribution in [1.82, 2.24) is 10.2 Å². The van der Waals surface area contributed by atoms with Crippen LogP contribution in [0.5, 0.6) is 11.5 Å². The van der Waals surface area contributed by atoms with Gasteiger partial charge in [0.1, 0.15) is 12.4 Å². The van der Waals surface area contributed by atoms with Crippen LogP contribution in [0.15, 0.2) is 36.4 Å². The van der Waals surface area contributed by atoms with Gasteiger partial charge in [-0.05, 0) is 37.7 Å². The number of nitrogens with zero attached hydrogens (tertiary/aromatic N) is 1. The molecule has 7 heteroatoms. The molecule has 3 rings (SSSR count). The van der Waals surface area contributed by atoms with E-state index in [9.17, 15) is 4.39 Å². The van der Waals surface area contributed by atoms with Gasteiger partial charge in [-0.25, -0.2) is 4.39 Å². The van der Waals surface area contributed by atoms with E-state index in [0.717, 1.165) is 51.4 Å². The number of benzene rings is 2. The number of hydrogen-bond acceptors (Lipinski definition) is 5. The summed E-state index contributed by atoms with van der Waals surface area (Å²) in [6.07, 6.45) is 1.06. The molecule has 1 saturated heterocycles. The van der Waals surface area contributed by atoms with Crippen LogP contribution >= 0.6 is 11.6 Å². The molecule has 0 atom stereocenters. The molecule has 1 fully saturated rings. The molecule has 2 aromatic rings. The van der Waals surface area contributed by atoms with Gasteiger partial charge in [0.15, 0.2) is 11.5 Å². The van der Waals surface area contributed by atoms with Crippen LogP contribution in [0.25, 0.3) is 0 Å². The zero-order chi connectivity index (χ0) is 20.5. The molecule has 29 heavy (non-hydrogen) atoms. The van der Waals surface area contributed by atoms with Crippen molar-refractivity contribution >= 4 is 11.6 Å². The average Bonchev–Trinajstić information content (AvgIpc) is 2.74. The maximum absolute atomic E-state index is 14.1. The van der Waals surface area contributed by atoms with Gasteiger partial charge in [-0.15, -0.1) is 0 Å². The van der Waals surface area contributed by atoms with Gasteiger partial charge in [0, 0.05) is 30.8 Å². The molecule has 0 aromatic heterocycles. The highest BCUT2D eigenvalue weighted by Gasteiger charge is 2.14. The first-order chi connectivity index (χ1) is 14.2. The van der Waals surface area contributed by atoms with Gasteiger partial charge in [-0.1, -0.05) is 29.8 Å². The van der Waals surface area contributed by atoms with Crippen LogP contribution in [0, 0.1) is 5.82 Å². The van der Waals surface area contributed by atoms with Crippen LogP contribution in [-0.4, -0.2) is 51.4 Å². The summed E-state index contributed by atoms with van der Waals surface area (Å²) in [5.74, 6) is 0.843. The Bertz CT molecular complexity index is 764. The monoisotopic (exact) mass is 422 g/mol. The molecule has 0 saturated carbocycles. The third kappa shape index (κ3) is 6.31. The van der Waals surface area contributed by atoms with Crippen molar-refractivity contribution in [3.8, 4) is 11.5 Å². The summed E-state index contributed by atoms with van der Waals surface area (Å²) >= 11 is 6.12. The predicted octanol–water partition coefficient (Wildman–Crippen LogP) is 3.88. The number of hydrogen-bond donors (Lipinski definition) is 1. The minimum atomic E-state index is -0.379. The quantitative estimate of drug-likeness (QED) is 0.588. The van der Waals surface area contributed by atoms with Crippen LogP contribution in [0.3, 0.4) is 0 Å². The van der Waals surface area contributed by atoms with Crippen LogP contribution < -0.4 is 14.8 Å². The zero-order valence-electron chi connectivity index (χ0n) is 16.8. The summed E-state index contributed by atoms with van der Waals surface area (Å²) in [4.78, 5) is 2.42. The molecule has 2 aromatic carbocycles. The second-order valence-electron chi connectivity index (χ2n) is 6.92. The molecule has 5 nitrogen and oxygen atoms in total. The van der Waals surface area contributed by atoms with E-state index < -0.39 is 0 Å². The van der Waals surface area contributed by atoms with Crippen molar-refractivity contribution in [2.45, 2.75) is 19.6 Å². The van der Waals surface area contributed by atoms with Crippen molar-refractivity contribution in [2.75, 3.05) is 46.5 Å². The Labute approximate surface area is 176 Å². The van der Waals surface area contributed by atoms with Crippen LogP contribution in [-0.2, 0) is 17.9 Å².